The third-order valence-electron chi connectivity index (χ3n) is 4.32. The first kappa shape index (κ1) is 19.8. The van der Waals surface area contributed by atoms with Crippen molar-refractivity contribution in [3.63, 3.8) is 0 Å². The number of piperidine rings is 1. The molecule has 1 N–H and O–H groups in total. The molecule has 25 heavy (non-hydrogen) atoms. The molecule has 6 nitrogen and oxygen atoms in total. The van der Waals surface area contributed by atoms with Gasteiger partial charge in [0.2, 0.25) is 15.9 Å². The summed E-state index contributed by atoms with van der Waals surface area (Å²) in [7, 11) is -2.03. The number of nitrogens with zero attached hydrogens (tertiary/aromatic N) is 1. The van der Waals surface area contributed by atoms with Crippen molar-refractivity contribution >= 4 is 15.9 Å². The average molecular weight is 372 g/mol. The quantitative estimate of drug-likeness (QED) is 0.787. The van der Waals surface area contributed by atoms with Crippen molar-refractivity contribution in [2.75, 3.05) is 26.8 Å². The van der Waals surface area contributed by atoms with E-state index in [4.69, 9.17) is 4.74 Å². The van der Waals surface area contributed by atoms with Gasteiger partial charge in [0.05, 0.1) is 12.4 Å². The summed E-state index contributed by atoms with van der Waals surface area (Å²) in [5.74, 6) is -1.16. The van der Waals surface area contributed by atoms with Crippen LogP contribution in [0.15, 0.2) is 24.3 Å². The molecule has 1 heterocycles. The van der Waals surface area contributed by atoms with Crippen molar-refractivity contribution in [3.05, 3.63) is 35.6 Å². The molecule has 1 aromatic carbocycles. The standard InChI is InChI=1S/C17H25FN2O4S/c1-13(11-24-2)19-17(21)14-7-9-20(10-8-14)25(22,23)12-15-5-3-4-6-16(15)18/h3-6,13-14H,7-12H2,1-2H3,(H,19,21). The van der Waals surface area contributed by atoms with Gasteiger partial charge in [-0.3, -0.25) is 4.79 Å². The fourth-order valence-electron chi connectivity index (χ4n) is 2.95. The number of hydrogen-bond donors (Lipinski definition) is 1. The Bertz CT molecular complexity index is 688. The second-order valence-corrected chi connectivity index (χ2v) is 8.35. The predicted octanol–water partition coefficient (Wildman–Crippen LogP) is 1.52. The first-order valence-corrected chi connectivity index (χ1v) is 9.95. The van der Waals surface area contributed by atoms with E-state index in [-0.39, 0.29) is 42.3 Å². The highest BCUT2D eigenvalue weighted by Crippen LogP contribution is 2.22. The molecule has 140 valence electrons. The van der Waals surface area contributed by atoms with E-state index in [1.54, 1.807) is 13.2 Å². The van der Waals surface area contributed by atoms with Crippen LogP contribution in [0, 0.1) is 11.7 Å². The van der Waals surface area contributed by atoms with E-state index in [9.17, 15) is 17.6 Å². The Morgan fingerprint density at radius 1 is 1.36 bits per heavy atom. The number of carbonyl (C=O) groups is 1. The van der Waals surface area contributed by atoms with Gasteiger partial charge in [0, 0.05) is 37.7 Å². The van der Waals surface area contributed by atoms with Crippen molar-refractivity contribution in [3.8, 4) is 0 Å². The van der Waals surface area contributed by atoms with Gasteiger partial charge in [-0.2, -0.15) is 0 Å². The summed E-state index contributed by atoms with van der Waals surface area (Å²) in [5, 5.41) is 2.87. The Hall–Kier alpha value is -1.51. The van der Waals surface area contributed by atoms with Gasteiger partial charge >= 0.3 is 0 Å². The van der Waals surface area contributed by atoms with Crippen molar-refractivity contribution in [1.29, 1.82) is 0 Å². The number of amides is 1. The Balaban J connectivity index is 1.90. The molecule has 1 amide bonds. The maximum atomic E-state index is 13.7. The maximum Gasteiger partial charge on any atom is 0.223 e. The molecular formula is C17H25FN2O4S. The van der Waals surface area contributed by atoms with Crippen LogP contribution in [0.3, 0.4) is 0 Å². The highest BCUT2D eigenvalue weighted by Gasteiger charge is 2.31. The lowest BCUT2D eigenvalue weighted by atomic mass is 9.97. The number of methoxy groups -OCH3 is 1. The monoisotopic (exact) mass is 372 g/mol. The van der Waals surface area contributed by atoms with Crippen LogP contribution in [0.2, 0.25) is 0 Å². The molecular weight excluding hydrogens is 347 g/mol. The molecule has 1 aliphatic heterocycles. The molecule has 0 aromatic heterocycles. The Morgan fingerprint density at radius 2 is 2.00 bits per heavy atom. The Kier molecular flexibility index (Phi) is 6.92. The molecule has 1 unspecified atom stereocenters. The van der Waals surface area contributed by atoms with Gasteiger partial charge in [-0.05, 0) is 25.8 Å². The zero-order valence-electron chi connectivity index (χ0n) is 14.6. The van der Waals surface area contributed by atoms with Gasteiger partial charge in [0.15, 0.2) is 0 Å². The van der Waals surface area contributed by atoms with Gasteiger partial charge < -0.3 is 10.1 Å². The number of sulfonamides is 1. The van der Waals surface area contributed by atoms with Crippen LogP contribution in [0.1, 0.15) is 25.3 Å². The lowest BCUT2D eigenvalue weighted by molar-refractivity contribution is -0.127. The Labute approximate surface area is 148 Å². The molecule has 1 atom stereocenters. The number of halogens is 1. The molecule has 0 spiro atoms. The van der Waals surface area contributed by atoms with Crippen LogP contribution in [-0.4, -0.2) is 51.5 Å². The summed E-state index contributed by atoms with van der Waals surface area (Å²) in [6.07, 6.45) is 0.921. The number of carbonyl (C=O) groups excluding carboxylic acids is 1. The largest absolute Gasteiger partial charge is 0.383 e. The number of rotatable bonds is 7. The zero-order valence-corrected chi connectivity index (χ0v) is 15.4. The van der Waals surface area contributed by atoms with Gasteiger partial charge in [-0.25, -0.2) is 17.1 Å². The van der Waals surface area contributed by atoms with Crippen molar-refractivity contribution < 1.29 is 22.3 Å². The summed E-state index contributed by atoms with van der Waals surface area (Å²) < 4.78 is 45.0. The summed E-state index contributed by atoms with van der Waals surface area (Å²) in [6, 6.07) is 5.79. The zero-order chi connectivity index (χ0) is 18.4. The van der Waals surface area contributed by atoms with Gasteiger partial charge in [0.25, 0.3) is 0 Å². The van der Waals surface area contributed by atoms with Gasteiger partial charge in [-0.1, -0.05) is 18.2 Å². The molecule has 0 bridgehead atoms. The first-order valence-electron chi connectivity index (χ1n) is 8.34. The minimum absolute atomic E-state index is 0.0734. The minimum Gasteiger partial charge on any atom is -0.383 e. The molecule has 1 aliphatic rings. The van der Waals surface area contributed by atoms with E-state index in [0.717, 1.165) is 0 Å². The van der Waals surface area contributed by atoms with Crippen LogP contribution < -0.4 is 5.32 Å². The predicted molar refractivity (Wildman–Crippen MR) is 92.8 cm³/mol. The molecule has 8 heteroatoms. The lowest BCUT2D eigenvalue weighted by Gasteiger charge is -2.31. The van der Waals surface area contributed by atoms with E-state index in [1.807, 2.05) is 6.92 Å². The maximum absolute atomic E-state index is 13.7. The van der Waals surface area contributed by atoms with Crippen LogP contribution in [-0.2, 0) is 25.3 Å². The van der Waals surface area contributed by atoms with Crippen LogP contribution in [0.4, 0.5) is 4.39 Å². The van der Waals surface area contributed by atoms with Crippen LogP contribution in [0.25, 0.3) is 0 Å². The van der Waals surface area contributed by atoms with Crippen molar-refractivity contribution in [2.24, 2.45) is 5.92 Å². The molecule has 0 saturated carbocycles. The average Bonchev–Trinajstić information content (AvgIpc) is 2.57. The number of ether oxygens (including phenoxy) is 1. The van der Waals surface area contributed by atoms with Gasteiger partial charge in [-0.15, -0.1) is 0 Å². The van der Waals surface area contributed by atoms with E-state index in [1.165, 1.54) is 22.5 Å². The second-order valence-electron chi connectivity index (χ2n) is 6.39. The first-order chi connectivity index (χ1) is 11.8. The number of hydrogen-bond acceptors (Lipinski definition) is 4. The molecule has 2 rings (SSSR count). The highest BCUT2D eigenvalue weighted by atomic mass is 32.2. The fourth-order valence-corrected chi connectivity index (χ4v) is 4.53. The summed E-state index contributed by atoms with van der Waals surface area (Å²) in [5.41, 5.74) is 0.163. The lowest BCUT2D eigenvalue weighted by Crippen LogP contribution is -2.45. The number of nitrogens with one attached hydrogen (secondary N) is 1. The van der Waals surface area contributed by atoms with E-state index < -0.39 is 15.8 Å². The second kappa shape index (κ2) is 8.73. The summed E-state index contributed by atoms with van der Waals surface area (Å²) in [4.78, 5) is 12.2. The van der Waals surface area contributed by atoms with E-state index >= 15 is 0 Å². The van der Waals surface area contributed by atoms with Crippen LogP contribution in [0.5, 0.6) is 0 Å². The molecule has 1 fully saturated rings. The third kappa shape index (κ3) is 5.49. The topological polar surface area (TPSA) is 75.7 Å². The normalized spacial score (nSPS) is 18.0. The van der Waals surface area contributed by atoms with Crippen LogP contribution >= 0.6 is 0 Å². The summed E-state index contributed by atoms with van der Waals surface area (Å²) in [6.45, 7) is 2.83. The third-order valence-corrected chi connectivity index (χ3v) is 6.15. The molecule has 1 aromatic rings. The van der Waals surface area contributed by atoms with Gasteiger partial charge in [0.1, 0.15) is 5.82 Å². The summed E-state index contributed by atoms with van der Waals surface area (Å²) >= 11 is 0. The fraction of sp³-hybridized carbons (Fsp3) is 0.588. The Morgan fingerprint density at radius 3 is 2.60 bits per heavy atom. The highest BCUT2D eigenvalue weighted by molar-refractivity contribution is 7.88. The SMILES string of the molecule is COCC(C)NC(=O)C1CCN(S(=O)(=O)Cc2ccccc2F)CC1. The molecule has 1 saturated heterocycles. The smallest absolute Gasteiger partial charge is 0.223 e. The van der Waals surface area contributed by atoms with Crippen molar-refractivity contribution in [2.45, 2.75) is 31.6 Å². The van der Waals surface area contributed by atoms with Crippen molar-refractivity contribution in [1.82, 2.24) is 9.62 Å². The number of benzene rings is 1. The molecule has 0 radical (unpaired) electrons. The molecule has 0 aliphatic carbocycles. The van der Waals surface area contributed by atoms with E-state index in [0.29, 0.717) is 19.4 Å². The van der Waals surface area contributed by atoms with E-state index in [2.05, 4.69) is 5.32 Å². The minimum atomic E-state index is -3.60.